The number of rotatable bonds is 5. The lowest BCUT2D eigenvalue weighted by molar-refractivity contribution is -0.137. The van der Waals surface area contributed by atoms with Gasteiger partial charge in [0.15, 0.2) is 0 Å². The van der Waals surface area contributed by atoms with Crippen LogP contribution >= 0.6 is 0 Å². The average Bonchev–Trinajstić information content (AvgIpc) is 2.96. The van der Waals surface area contributed by atoms with E-state index in [2.05, 4.69) is 4.90 Å². The largest absolute Gasteiger partial charge is 0.441 e. The summed E-state index contributed by atoms with van der Waals surface area (Å²) in [5, 5.41) is 0. The van der Waals surface area contributed by atoms with Crippen LogP contribution in [0.25, 0.3) is 0 Å². The molecule has 0 aliphatic carbocycles. The molecule has 1 heterocycles. The van der Waals surface area contributed by atoms with Crippen molar-refractivity contribution in [2.75, 3.05) is 19.6 Å². The fourth-order valence-electron chi connectivity index (χ4n) is 2.97. The topological polar surface area (TPSA) is 55.6 Å². The van der Waals surface area contributed by atoms with Gasteiger partial charge in [-0.25, -0.2) is 4.79 Å². The first-order valence-electron chi connectivity index (χ1n) is 7.63. The van der Waals surface area contributed by atoms with Gasteiger partial charge in [-0.15, -0.1) is 0 Å². The molecule has 1 aromatic carbocycles. The lowest BCUT2D eigenvalue weighted by Gasteiger charge is -2.27. The molecule has 7 heteroatoms. The van der Waals surface area contributed by atoms with E-state index in [4.69, 9.17) is 10.5 Å². The van der Waals surface area contributed by atoms with Crippen molar-refractivity contribution in [3.8, 4) is 0 Å². The molecular formula is C16H21F3N2O2. The molecule has 1 amide bonds. The lowest BCUT2D eigenvalue weighted by Crippen LogP contribution is -2.31. The van der Waals surface area contributed by atoms with Gasteiger partial charge in [-0.1, -0.05) is 19.1 Å². The second-order valence-corrected chi connectivity index (χ2v) is 5.96. The zero-order valence-corrected chi connectivity index (χ0v) is 13.0. The van der Waals surface area contributed by atoms with Crippen molar-refractivity contribution in [2.24, 2.45) is 11.7 Å². The van der Waals surface area contributed by atoms with E-state index in [1.54, 1.807) is 0 Å². The van der Waals surface area contributed by atoms with Gasteiger partial charge in [-0.05, 0) is 43.6 Å². The van der Waals surface area contributed by atoms with Crippen LogP contribution in [0.2, 0.25) is 0 Å². The molecular weight excluding hydrogens is 309 g/mol. The van der Waals surface area contributed by atoms with Crippen LogP contribution in [0.15, 0.2) is 24.3 Å². The monoisotopic (exact) mass is 330 g/mol. The first-order valence-corrected chi connectivity index (χ1v) is 7.63. The molecule has 2 atom stereocenters. The number of amides is 1. The molecule has 1 aromatic rings. The quantitative estimate of drug-likeness (QED) is 0.898. The molecule has 128 valence electrons. The van der Waals surface area contributed by atoms with Crippen molar-refractivity contribution in [1.82, 2.24) is 4.90 Å². The summed E-state index contributed by atoms with van der Waals surface area (Å²) >= 11 is 0. The van der Waals surface area contributed by atoms with E-state index in [1.807, 2.05) is 6.92 Å². The van der Waals surface area contributed by atoms with Gasteiger partial charge in [-0.3, -0.25) is 0 Å². The Hall–Kier alpha value is -1.76. The summed E-state index contributed by atoms with van der Waals surface area (Å²) < 4.78 is 43.1. The maximum Gasteiger partial charge on any atom is 0.416 e. The number of likely N-dealkylation sites (tertiary alicyclic amines) is 1. The van der Waals surface area contributed by atoms with Crippen LogP contribution in [0.1, 0.15) is 37.0 Å². The van der Waals surface area contributed by atoms with Crippen molar-refractivity contribution in [2.45, 2.75) is 32.0 Å². The van der Waals surface area contributed by atoms with Gasteiger partial charge in [0.05, 0.1) is 5.56 Å². The first-order chi connectivity index (χ1) is 10.8. The number of primary amides is 1. The molecule has 0 bridgehead atoms. The number of hydrogen-bond acceptors (Lipinski definition) is 3. The molecule has 0 saturated carbocycles. The minimum absolute atomic E-state index is 0.0719. The third-order valence-electron chi connectivity index (χ3n) is 4.07. The maximum atomic E-state index is 12.6. The molecule has 0 aromatic heterocycles. The molecule has 2 rings (SSSR count). The molecule has 2 unspecified atom stereocenters. The second kappa shape index (κ2) is 7.21. The van der Waals surface area contributed by atoms with Gasteiger partial charge in [-0.2, -0.15) is 13.2 Å². The van der Waals surface area contributed by atoms with Crippen molar-refractivity contribution >= 4 is 6.09 Å². The molecule has 0 spiro atoms. The first kappa shape index (κ1) is 17.6. The van der Waals surface area contributed by atoms with E-state index in [0.717, 1.165) is 38.1 Å². The minimum Gasteiger partial charge on any atom is -0.441 e. The van der Waals surface area contributed by atoms with Crippen LogP contribution in [-0.4, -0.2) is 30.6 Å². The number of alkyl halides is 3. The van der Waals surface area contributed by atoms with E-state index in [1.165, 1.54) is 12.1 Å². The Balaban J connectivity index is 2.14. The number of ether oxygens (including phenoxy) is 1. The number of hydrogen-bond donors (Lipinski definition) is 1. The Bertz CT molecular complexity index is 525. The Kier molecular flexibility index (Phi) is 5.51. The van der Waals surface area contributed by atoms with Crippen LogP contribution in [0, 0.1) is 5.92 Å². The van der Waals surface area contributed by atoms with E-state index in [9.17, 15) is 18.0 Å². The number of benzene rings is 1. The van der Waals surface area contributed by atoms with Crippen LogP contribution in [0.5, 0.6) is 0 Å². The summed E-state index contributed by atoms with van der Waals surface area (Å²) in [7, 11) is 0. The molecule has 23 heavy (non-hydrogen) atoms. The number of nitrogens with zero attached hydrogens (tertiary/aromatic N) is 1. The predicted octanol–water partition coefficient (Wildman–Crippen LogP) is 3.57. The Morgan fingerprint density at radius 2 is 1.83 bits per heavy atom. The van der Waals surface area contributed by atoms with Gasteiger partial charge in [0.1, 0.15) is 6.10 Å². The van der Waals surface area contributed by atoms with Crippen molar-refractivity contribution in [3.05, 3.63) is 35.4 Å². The molecule has 1 aliphatic heterocycles. The third kappa shape index (κ3) is 4.86. The zero-order valence-electron chi connectivity index (χ0n) is 13.0. The van der Waals surface area contributed by atoms with Crippen molar-refractivity contribution < 1.29 is 22.7 Å². The molecule has 0 radical (unpaired) electrons. The van der Waals surface area contributed by atoms with Crippen molar-refractivity contribution in [1.29, 1.82) is 0 Å². The van der Waals surface area contributed by atoms with Gasteiger partial charge in [0, 0.05) is 12.5 Å². The molecule has 1 aliphatic rings. The normalized spacial score (nSPS) is 18.6. The van der Waals surface area contributed by atoms with E-state index < -0.39 is 23.9 Å². The summed E-state index contributed by atoms with van der Waals surface area (Å²) in [5.41, 5.74) is 4.91. The number of carbonyl (C=O) groups is 1. The van der Waals surface area contributed by atoms with Crippen LogP contribution in [0.4, 0.5) is 18.0 Å². The Morgan fingerprint density at radius 3 is 2.30 bits per heavy atom. The van der Waals surface area contributed by atoms with Gasteiger partial charge in [0.25, 0.3) is 0 Å². The second-order valence-electron chi connectivity index (χ2n) is 5.96. The SMILES string of the molecule is CC(CN1CCCC1)C(OC(N)=O)c1ccc(C(F)(F)F)cc1. The highest BCUT2D eigenvalue weighted by molar-refractivity contribution is 5.65. The highest BCUT2D eigenvalue weighted by Crippen LogP contribution is 2.32. The van der Waals surface area contributed by atoms with E-state index in [-0.39, 0.29) is 5.92 Å². The maximum absolute atomic E-state index is 12.6. The fraction of sp³-hybridized carbons (Fsp3) is 0.562. The molecule has 1 fully saturated rings. The average molecular weight is 330 g/mol. The highest BCUT2D eigenvalue weighted by Gasteiger charge is 2.31. The van der Waals surface area contributed by atoms with Crippen LogP contribution in [0.3, 0.4) is 0 Å². The zero-order chi connectivity index (χ0) is 17.0. The number of carbonyl (C=O) groups excluding carboxylic acids is 1. The highest BCUT2D eigenvalue weighted by atomic mass is 19.4. The summed E-state index contributed by atoms with van der Waals surface area (Å²) in [4.78, 5) is 13.4. The van der Waals surface area contributed by atoms with Gasteiger partial charge in [0.2, 0.25) is 0 Å². The minimum atomic E-state index is -4.39. The third-order valence-corrected chi connectivity index (χ3v) is 4.07. The predicted molar refractivity (Wildman–Crippen MR) is 79.7 cm³/mol. The Labute approximate surface area is 133 Å². The number of halogens is 3. The molecule has 4 nitrogen and oxygen atoms in total. The summed E-state index contributed by atoms with van der Waals surface area (Å²) in [6, 6.07) is 4.68. The smallest absolute Gasteiger partial charge is 0.416 e. The number of nitrogens with two attached hydrogens (primary N) is 1. The van der Waals surface area contributed by atoms with Crippen LogP contribution in [-0.2, 0) is 10.9 Å². The van der Waals surface area contributed by atoms with Crippen LogP contribution < -0.4 is 5.73 Å². The lowest BCUT2D eigenvalue weighted by atomic mass is 9.95. The molecule has 2 N–H and O–H groups in total. The van der Waals surface area contributed by atoms with E-state index >= 15 is 0 Å². The Morgan fingerprint density at radius 1 is 1.26 bits per heavy atom. The standard InChI is InChI=1S/C16H21F3N2O2/c1-11(10-21-8-2-3-9-21)14(23-15(20)22)12-4-6-13(7-5-12)16(17,18)19/h4-7,11,14H,2-3,8-10H2,1H3,(H2,20,22). The fourth-order valence-corrected chi connectivity index (χ4v) is 2.97. The van der Waals surface area contributed by atoms with Crippen molar-refractivity contribution in [3.63, 3.8) is 0 Å². The molecule has 1 saturated heterocycles. The summed E-state index contributed by atoms with van der Waals surface area (Å²) in [6.45, 7) is 4.59. The van der Waals surface area contributed by atoms with Gasteiger partial charge < -0.3 is 15.4 Å². The van der Waals surface area contributed by atoms with E-state index in [0.29, 0.717) is 12.1 Å². The van der Waals surface area contributed by atoms with Gasteiger partial charge >= 0.3 is 12.3 Å². The summed E-state index contributed by atoms with van der Waals surface area (Å²) in [5.74, 6) is -0.0719. The summed E-state index contributed by atoms with van der Waals surface area (Å²) in [6.07, 6.45) is -3.71.